The fraction of sp³-hybridized carbons (Fsp3) is 0.650. The number of benzene rings is 1. The van der Waals surface area contributed by atoms with E-state index in [1.165, 1.54) is 18.4 Å². The van der Waals surface area contributed by atoms with Crippen molar-refractivity contribution in [2.24, 2.45) is 5.92 Å². The molecule has 1 atom stereocenters. The predicted octanol–water partition coefficient (Wildman–Crippen LogP) is 3.59. The number of rotatable bonds is 6. The molecule has 0 aromatic heterocycles. The molecule has 1 aliphatic rings. The van der Waals surface area contributed by atoms with Crippen molar-refractivity contribution in [3.63, 3.8) is 0 Å². The molecule has 0 spiro atoms. The smallest absolute Gasteiger partial charge is 0.220 e. The number of nitrogens with zero attached hydrogens (tertiary/aromatic N) is 1. The first-order valence-corrected chi connectivity index (χ1v) is 8.95. The number of hydrogen-bond acceptors (Lipinski definition) is 2. The van der Waals surface area contributed by atoms with Gasteiger partial charge in [-0.25, -0.2) is 0 Å². The maximum Gasteiger partial charge on any atom is 0.220 e. The first kappa shape index (κ1) is 18.0. The van der Waals surface area contributed by atoms with Crippen LogP contribution in [-0.4, -0.2) is 36.5 Å². The Kier molecular flexibility index (Phi) is 6.23. The van der Waals surface area contributed by atoms with Crippen molar-refractivity contribution in [3.05, 3.63) is 35.9 Å². The fourth-order valence-electron chi connectivity index (χ4n) is 3.32. The van der Waals surface area contributed by atoms with Crippen LogP contribution in [0.5, 0.6) is 0 Å². The van der Waals surface area contributed by atoms with Crippen LogP contribution in [0.15, 0.2) is 30.3 Å². The van der Waals surface area contributed by atoms with E-state index in [2.05, 4.69) is 50.0 Å². The minimum Gasteiger partial charge on any atom is -0.355 e. The van der Waals surface area contributed by atoms with Gasteiger partial charge in [-0.1, -0.05) is 51.1 Å². The molecule has 1 saturated heterocycles. The van der Waals surface area contributed by atoms with E-state index in [-0.39, 0.29) is 11.3 Å². The molecular weight excluding hydrogens is 284 g/mol. The maximum atomic E-state index is 12.3. The topological polar surface area (TPSA) is 32.3 Å². The first-order chi connectivity index (χ1) is 10.9. The third kappa shape index (κ3) is 5.35. The zero-order valence-corrected chi connectivity index (χ0v) is 15.1. The molecule has 0 aliphatic carbocycles. The summed E-state index contributed by atoms with van der Waals surface area (Å²) in [6, 6.07) is 10.7. The number of amides is 1. The van der Waals surface area contributed by atoms with Crippen LogP contribution < -0.4 is 5.32 Å². The largest absolute Gasteiger partial charge is 0.355 e. The lowest BCUT2D eigenvalue weighted by molar-refractivity contribution is -0.122. The van der Waals surface area contributed by atoms with Crippen LogP contribution in [0.2, 0.25) is 0 Å². The molecule has 0 saturated carbocycles. The SMILES string of the molecule is CC1CCN(C(C)CNC(=O)CC(C)(C)c2ccccc2)CC1. The van der Waals surface area contributed by atoms with E-state index in [0.29, 0.717) is 12.5 Å². The van der Waals surface area contributed by atoms with Crippen LogP contribution >= 0.6 is 0 Å². The lowest BCUT2D eigenvalue weighted by Gasteiger charge is -2.35. The van der Waals surface area contributed by atoms with Gasteiger partial charge in [0.25, 0.3) is 0 Å². The second-order valence-corrected chi connectivity index (χ2v) is 7.80. The molecule has 3 nitrogen and oxygen atoms in total. The van der Waals surface area contributed by atoms with E-state index in [0.717, 1.165) is 25.6 Å². The second-order valence-electron chi connectivity index (χ2n) is 7.80. The number of piperidine rings is 1. The highest BCUT2D eigenvalue weighted by Gasteiger charge is 2.25. The summed E-state index contributed by atoms with van der Waals surface area (Å²) in [4.78, 5) is 14.8. The Morgan fingerprint density at radius 1 is 1.26 bits per heavy atom. The van der Waals surface area contributed by atoms with E-state index in [9.17, 15) is 4.79 Å². The monoisotopic (exact) mass is 316 g/mol. The van der Waals surface area contributed by atoms with Gasteiger partial charge >= 0.3 is 0 Å². The Labute approximate surface area is 141 Å². The molecule has 1 unspecified atom stereocenters. The highest BCUT2D eigenvalue weighted by Crippen LogP contribution is 2.26. The predicted molar refractivity (Wildman–Crippen MR) is 96.5 cm³/mol. The Balaban J connectivity index is 1.78. The number of carbonyl (C=O) groups excluding carboxylic acids is 1. The van der Waals surface area contributed by atoms with Crippen molar-refractivity contribution < 1.29 is 4.79 Å². The van der Waals surface area contributed by atoms with E-state index < -0.39 is 0 Å². The number of carbonyl (C=O) groups is 1. The van der Waals surface area contributed by atoms with Crippen molar-refractivity contribution >= 4 is 5.91 Å². The Bertz CT molecular complexity index is 490. The molecule has 1 N–H and O–H groups in total. The van der Waals surface area contributed by atoms with Gasteiger partial charge < -0.3 is 5.32 Å². The summed E-state index contributed by atoms with van der Waals surface area (Å²) < 4.78 is 0. The second kappa shape index (κ2) is 7.96. The van der Waals surface area contributed by atoms with E-state index in [4.69, 9.17) is 0 Å². The normalized spacial score (nSPS) is 18.6. The van der Waals surface area contributed by atoms with Crippen LogP contribution in [-0.2, 0) is 10.2 Å². The maximum absolute atomic E-state index is 12.3. The minimum atomic E-state index is -0.130. The Hall–Kier alpha value is -1.35. The number of nitrogens with one attached hydrogen (secondary N) is 1. The lowest BCUT2D eigenvalue weighted by atomic mass is 9.81. The molecule has 1 fully saturated rings. The quantitative estimate of drug-likeness (QED) is 0.870. The summed E-state index contributed by atoms with van der Waals surface area (Å²) >= 11 is 0. The van der Waals surface area contributed by atoms with Crippen LogP contribution in [0, 0.1) is 5.92 Å². The molecule has 1 aliphatic heterocycles. The molecular formula is C20H32N2O. The molecule has 23 heavy (non-hydrogen) atoms. The van der Waals surface area contributed by atoms with Crippen molar-refractivity contribution in [2.45, 2.75) is 58.4 Å². The van der Waals surface area contributed by atoms with Gasteiger partial charge in [0, 0.05) is 19.0 Å². The number of hydrogen-bond donors (Lipinski definition) is 1. The van der Waals surface area contributed by atoms with Gasteiger partial charge in [0.05, 0.1) is 0 Å². The third-order valence-electron chi connectivity index (χ3n) is 5.19. The molecule has 1 heterocycles. The van der Waals surface area contributed by atoms with Crippen LogP contribution in [0.4, 0.5) is 0 Å². The third-order valence-corrected chi connectivity index (χ3v) is 5.19. The minimum absolute atomic E-state index is 0.130. The molecule has 2 rings (SSSR count). The molecule has 1 aromatic carbocycles. The van der Waals surface area contributed by atoms with Crippen LogP contribution in [0.25, 0.3) is 0 Å². The fourth-order valence-corrected chi connectivity index (χ4v) is 3.32. The Morgan fingerprint density at radius 3 is 2.48 bits per heavy atom. The van der Waals surface area contributed by atoms with Crippen molar-refractivity contribution in [3.8, 4) is 0 Å². The zero-order chi connectivity index (χ0) is 16.9. The molecule has 0 bridgehead atoms. The van der Waals surface area contributed by atoms with Crippen molar-refractivity contribution in [1.29, 1.82) is 0 Å². The van der Waals surface area contributed by atoms with Gasteiger partial charge in [0.1, 0.15) is 0 Å². The number of likely N-dealkylation sites (tertiary alicyclic amines) is 1. The first-order valence-electron chi connectivity index (χ1n) is 8.95. The van der Waals surface area contributed by atoms with Crippen molar-refractivity contribution in [1.82, 2.24) is 10.2 Å². The van der Waals surface area contributed by atoms with E-state index in [1.54, 1.807) is 0 Å². The van der Waals surface area contributed by atoms with E-state index in [1.807, 2.05) is 18.2 Å². The zero-order valence-electron chi connectivity index (χ0n) is 15.1. The van der Waals surface area contributed by atoms with Gasteiger partial charge in [0.2, 0.25) is 5.91 Å². The average molecular weight is 316 g/mol. The summed E-state index contributed by atoms with van der Waals surface area (Å²) in [6.07, 6.45) is 3.08. The van der Waals surface area contributed by atoms with Gasteiger partial charge in [-0.15, -0.1) is 0 Å². The summed E-state index contributed by atoms with van der Waals surface area (Å²) in [7, 11) is 0. The van der Waals surface area contributed by atoms with Gasteiger partial charge in [0.15, 0.2) is 0 Å². The standard InChI is InChI=1S/C20H32N2O/c1-16-10-12-22(13-11-16)17(2)15-21-19(23)14-20(3,4)18-8-6-5-7-9-18/h5-9,16-17H,10-15H2,1-4H3,(H,21,23). The van der Waals surface area contributed by atoms with Crippen LogP contribution in [0.1, 0.15) is 52.5 Å². The molecule has 1 amide bonds. The summed E-state index contributed by atoms with van der Waals surface area (Å²) in [6.45, 7) is 11.9. The Morgan fingerprint density at radius 2 is 1.87 bits per heavy atom. The highest BCUT2D eigenvalue weighted by molar-refractivity contribution is 5.77. The summed E-state index contributed by atoms with van der Waals surface area (Å²) in [5.74, 6) is 0.996. The van der Waals surface area contributed by atoms with Crippen molar-refractivity contribution in [2.75, 3.05) is 19.6 Å². The lowest BCUT2D eigenvalue weighted by Crippen LogP contribution is -2.46. The summed E-state index contributed by atoms with van der Waals surface area (Å²) in [5, 5.41) is 3.14. The molecule has 0 radical (unpaired) electrons. The van der Waals surface area contributed by atoms with E-state index >= 15 is 0 Å². The average Bonchev–Trinajstić information content (AvgIpc) is 2.54. The van der Waals surface area contributed by atoms with Gasteiger partial charge in [-0.05, 0) is 49.8 Å². The van der Waals surface area contributed by atoms with Gasteiger partial charge in [-0.3, -0.25) is 9.69 Å². The molecule has 3 heteroatoms. The summed E-state index contributed by atoms with van der Waals surface area (Å²) in [5.41, 5.74) is 1.09. The van der Waals surface area contributed by atoms with Gasteiger partial charge in [-0.2, -0.15) is 0 Å². The highest BCUT2D eigenvalue weighted by atomic mass is 16.1. The molecule has 1 aromatic rings. The van der Waals surface area contributed by atoms with Crippen LogP contribution in [0.3, 0.4) is 0 Å². The molecule has 128 valence electrons.